The van der Waals surface area contributed by atoms with E-state index < -0.39 is 11.8 Å². The van der Waals surface area contributed by atoms with Crippen molar-refractivity contribution in [2.24, 2.45) is 0 Å². The lowest BCUT2D eigenvalue weighted by molar-refractivity contribution is -0.119. The Balaban J connectivity index is 1.60. The lowest BCUT2D eigenvalue weighted by atomic mass is 10.0. The van der Waals surface area contributed by atoms with Crippen molar-refractivity contribution in [3.8, 4) is 6.07 Å². The van der Waals surface area contributed by atoms with Gasteiger partial charge in [0.05, 0.1) is 22.9 Å². The van der Waals surface area contributed by atoms with Gasteiger partial charge in [0.25, 0.3) is 11.8 Å². The first-order valence-electron chi connectivity index (χ1n) is 10.8. The zero-order chi connectivity index (χ0) is 24.8. The average Bonchev–Trinajstić information content (AvgIpc) is 2.90. The molecule has 4 rings (SSSR count). The van der Waals surface area contributed by atoms with Crippen molar-refractivity contribution in [2.75, 3.05) is 5.01 Å². The fourth-order valence-corrected chi connectivity index (χ4v) is 3.59. The van der Waals surface area contributed by atoms with E-state index in [1.54, 1.807) is 72.9 Å². The monoisotopic (exact) mass is 463 g/mol. The molecule has 1 aromatic heterocycles. The molecule has 0 radical (unpaired) electrons. The maximum atomic E-state index is 13.0. The molecule has 1 heterocycles. The van der Waals surface area contributed by atoms with E-state index in [0.29, 0.717) is 34.3 Å². The number of hydrazine groups is 1. The largest absolute Gasteiger partial charge is 0.348 e. The number of rotatable bonds is 5. The van der Waals surface area contributed by atoms with Crippen LogP contribution in [0.25, 0.3) is 10.8 Å². The van der Waals surface area contributed by atoms with Gasteiger partial charge in [0, 0.05) is 31.4 Å². The van der Waals surface area contributed by atoms with Crippen LogP contribution in [0.15, 0.2) is 85.2 Å². The van der Waals surface area contributed by atoms with E-state index in [-0.39, 0.29) is 5.91 Å². The van der Waals surface area contributed by atoms with Crippen LogP contribution in [-0.2, 0) is 11.3 Å². The molecule has 0 aliphatic heterocycles. The topological polar surface area (TPSA) is 115 Å². The molecule has 0 saturated carbocycles. The van der Waals surface area contributed by atoms with Crippen LogP contribution in [0.2, 0.25) is 0 Å². The smallest absolute Gasteiger partial charge is 0.278 e. The van der Waals surface area contributed by atoms with Gasteiger partial charge in [0.15, 0.2) is 0 Å². The van der Waals surface area contributed by atoms with E-state index >= 15 is 0 Å². The van der Waals surface area contributed by atoms with Gasteiger partial charge >= 0.3 is 0 Å². The minimum Gasteiger partial charge on any atom is -0.348 e. The Kier molecular flexibility index (Phi) is 6.79. The summed E-state index contributed by atoms with van der Waals surface area (Å²) >= 11 is 0. The fraction of sp³-hybridized carbons (Fsp3) is 0.0741. The first-order chi connectivity index (χ1) is 17.0. The highest BCUT2D eigenvalue weighted by Gasteiger charge is 2.20. The number of carbonyl (C=O) groups excluding carboxylic acids is 3. The number of nitriles is 1. The predicted molar refractivity (Wildman–Crippen MR) is 131 cm³/mol. The van der Waals surface area contributed by atoms with Gasteiger partial charge in [-0.25, -0.2) is 5.01 Å². The van der Waals surface area contributed by atoms with Crippen LogP contribution in [0.3, 0.4) is 0 Å². The Morgan fingerprint density at radius 2 is 1.80 bits per heavy atom. The number of fused-ring (bicyclic) bond motifs is 1. The first kappa shape index (κ1) is 23.1. The van der Waals surface area contributed by atoms with Crippen LogP contribution >= 0.6 is 0 Å². The van der Waals surface area contributed by atoms with Gasteiger partial charge in [-0.2, -0.15) is 5.26 Å². The molecule has 0 bridgehead atoms. The number of hydrogen-bond donors (Lipinski definition) is 2. The summed E-state index contributed by atoms with van der Waals surface area (Å²) in [4.78, 5) is 41.7. The van der Waals surface area contributed by atoms with Crippen LogP contribution in [0.4, 0.5) is 5.69 Å². The standard InChI is InChI=1S/C27H21N5O3/c1-18(33)31-32(27(35)22-5-3-13-29-17-22)23-11-12-24-21(14-23)4-2-6-25(24)26(34)30-16-20-9-7-19(15-28)8-10-20/h2-14,17H,16H2,1H3,(H,30,34)(H,31,33). The molecule has 0 unspecified atom stereocenters. The highest BCUT2D eigenvalue weighted by atomic mass is 16.2. The van der Waals surface area contributed by atoms with E-state index in [2.05, 4.69) is 21.8 Å². The minimum atomic E-state index is -0.441. The molecule has 35 heavy (non-hydrogen) atoms. The molecule has 172 valence electrons. The number of nitrogens with zero attached hydrogens (tertiary/aromatic N) is 3. The van der Waals surface area contributed by atoms with Gasteiger partial charge < -0.3 is 5.32 Å². The molecule has 8 heteroatoms. The van der Waals surface area contributed by atoms with Gasteiger partial charge in [-0.15, -0.1) is 0 Å². The molecule has 3 aromatic carbocycles. The third kappa shape index (κ3) is 5.31. The van der Waals surface area contributed by atoms with Crippen LogP contribution in [0, 0.1) is 11.3 Å². The van der Waals surface area contributed by atoms with Crippen molar-refractivity contribution in [2.45, 2.75) is 13.5 Å². The van der Waals surface area contributed by atoms with Gasteiger partial charge in [-0.1, -0.05) is 30.3 Å². The number of pyridine rings is 1. The second-order valence-electron chi connectivity index (χ2n) is 7.75. The predicted octanol–water partition coefficient (Wildman–Crippen LogP) is 3.73. The van der Waals surface area contributed by atoms with Crippen molar-refractivity contribution >= 4 is 34.2 Å². The highest BCUT2D eigenvalue weighted by molar-refractivity contribution is 6.10. The summed E-state index contributed by atoms with van der Waals surface area (Å²) < 4.78 is 0. The number of nitrogens with one attached hydrogen (secondary N) is 2. The number of hydrogen-bond acceptors (Lipinski definition) is 5. The molecule has 0 aliphatic rings. The summed E-state index contributed by atoms with van der Waals surface area (Å²) in [6.07, 6.45) is 2.98. The maximum absolute atomic E-state index is 13.0. The van der Waals surface area contributed by atoms with Gasteiger partial charge in [-0.3, -0.25) is 24.8 Å². The summed E-state index contributed by atoms with van der Waals surface area (Å²) in [6.45, 7) is 1.63. The average molecular weight is 463 g/mol. The molecule has 4 aromatic rings. The van der Waals surface area contributed by atoms with Crippen molar-refractivity contribution in [3.63, 3.8) is 0 Å². The zero-order valence-corrected chi connectivity index (χ0v) is 18.9. The van der Waals surface area contributed by atoms with E-state index in [0.717, 1.165) is 16.0 Å². The third-order valence-corrected chi connectivity index (χ3v) is 5.28. The second kappa shape index (κ2) is 10.3. The van der Waals surface area contributed by atoms with Crippen molar-refractivity contribution in [1.82, 2.24) is 15.7 Å². The van der Waals surface area contributed by atoms with E-state index in [1.165, 1.54) is 13.1 Å². The molecule has 0 spiro atoms. The minimum absolute atomic E-state index is 0.252. The lowest BCUT2D eigenvalue weighted by Crippen LogP contribution is -2.45. The summed E-state index contributed by atoms with van der Waals surface area (Å²) in [5.74, 6) is -1.10. The number of carbonyl (C=O) groups is 3. The van der Waals surface area contributed by atoms with Crippen molar-refractivity contribution < 1.29 is 14.4 Å². The molecule has 2 N–H and O–H groups in total. The molecule has 0 saturated heterocycles. The molecule has 8 nitrogen and oxygen atoms in total. The summed E-state index contributed by atoms with van der Waals surface area (Å²) in [7, 11) is 0. The van der Waals surface area contributed by atoms with Gasteiger partial charge in [0.1, 0.15) is 0 Å². The molecule has 0 atom stereocenters. The molecular weight excluding hydrogens is 442 g/mol. The van der Waals surface area contributed by atoms with Crippen molar-refractivity contribution in [3.05, 3.63) is 107 Å². The molecular formula is C27H21N5O3. The van der Waals surface area contributed by atoms with E-state index in [9.17, 15) is 14.4 Å². The number of anilines is 1. The Morgan fingerprint density at radius 3 is 2.49 bits per heavy atom. The number of amides is 3. The van der Waals surface area contributed by atoms with Crippen LogP contribution in [0.1, 0.15) is 38.8 Å². The Hall–Kier alpha value is -5.03. The fourth-order valence-electron chi connectivity index (χ4n) is 3.59. The maximum Gasteiger partial charge on any atom is 0.278 e. The Labute approximate surface area is 201 Å². The van der Waals surface area contributed by atoms with E-state index in [4.69, 9.17) is 5.26 Å². The number of aromatic nitrogens is 1. The van der Waals surface area contributed by atoms with Crippen molar-refractivity contribution in [1.29, 1.82) is 5.26 Å². The summed E-state index contributed by atoms with van der Waals surface area (Å²) in [5.41, 5.74) is 5.23. The quantitative estimate of drug-likeness (QED) is 0.438. The number of benzene rings is 3. The van der Waals surface area contributed by atoms with Crippen LogP contribution in [0.5, 0.6) is 0 Å². The molecule has 0 fully saturated rings. The normalized spacial score (nSPS) is 10.3. The molecule has 3 amide bonds. The molecule has 0 aliphatic carbocycles. The Morgan fingerprint density at radius 1 is 1.00 bits per heavy atom. The summed E-state index contributed by atoms with van der Waals surface area (Å²) in [5, 5.41) is 14.4. The third-order valence-electron chi connectivity index (χ3n) is 5.28. The van der Waals surface area contributed by atoms with Crippen LogP contribution < -0.4 is 15.8 Å². The lowest BCUT2D eigenvalue weighted by Gasteiger charge is -2.23. The SMILES string of the molecule is CC(=O)NN(C(=O)c1cccnc1)c1ccc2c(C(=O)NCc3ccc(C#N)cc3)cccc2c1. The van der Waals surface area contributed by atoms with Gasteiger partial charge in [-0.05, 0) is 58.8 Å². The highest BCUT2D eigenvalue weighted by Crippen LogP contribution is 2.25. The van der Waals surface area contributed by atoms with Gasteiger partial charge in [0.2, 0.25) is 5.91 Å². The zero-order valence-electron chi connectivity index (χ0n) is 18.9. The Bertz CT molecular complexity index is 1440. The summed E-state index contributed by atoms with van der Waals surface area (Å²) in [6, 6.07) is 22.8. The second-order valence-corrected chi connectivity index (χ2v) is 7.75. The van der Waals surface area contributed by atoms with Crippen LogP contribution in [-0.4, -0.2) is 22.7 Å². The first-order valence-corrected chi connectivity index (χ1v) is 10.8. The van der Waals surface area contributed by atoms with E-state index in [1.807, 2.05) is 6.07 Å².